The van der Waals surface area contributed by atoms with E-state index in [4.69, 9.17) is 9.47 Å². The Bertz CT molecular complexity index is 1330. The van der Waals surface area contributed by atoms with Gasteiger partial charge in [-0.25, -0.2) is 0 Å². The number of hydrogen-bond acceptors (Lipinski definition) is 6. The van der Waals surface area contributed by atoms with Crippen LogP contribution in [0.5, 0.6) is 5.75 Å². The van der Waals surface area contributed by atoms with E-state index in [1.165, 1.54) is 0 Å². The lowest BCUT2D eigenvalue weighted by Gasteiger charge is -2.34. The standard InChI is InChI=1S/C31H36N4O4/c1-22-20-25(31(37)35-16-18-39-19-17-35)8-10-27(22)23-4-6-24(7-5-23)30(36)32-26-9-11-29(38-3)28(21-26)34-14-12-33(2)13-15-34/h4-11,20-21H,12-19H2,1-3H3,(H,32,36). The highest BCUT2D eigenvalue weighted by Gasteiger charge is 2.20. The SMILES string of the molecule is COc1ccc(NC(=O)c2ccc(-c3ccc(C(=O)N4CCOCC4)cc3C)cc2)cc1N1CCN(C)CC1. The summed E-state index contributed by atoms with van der Waals surface area (Å²) in [6.07, 6.45) is 0. The normalized spacial score (nSPS) is 16.2. The molecule has 5 rings (SSSR count). The van der Waals surface area contributed by atoms with Crippen LogP contribution in [0.1, 0.15) is 26.3 Å². The number of aryl methyl sites for hydroxylation is 1. The third kappa shape index (κ3) is 6.08. The molecular formula is C31H36N4O4. The average Bonchev–Trinajstić information content (AvgIpc) is 2.97. The van der Waals surface area contributed by atoms with Gasteiger partial charge < -0.3 is 29.5 Å². The first-order chi connectivity index (χ1) is 18.9. The van der Waals surface area contributed by atoms with Gasteiger partial charge in [0.15, 0.2) is 0 Å². The number of methoxy groups -OCH3 is 1. The van der Waals surface area contributed by atoms with Gasteiger partial charge >= 0.3 is 0 Å². The highest BCUT2D eigenvalue weighted by Crippen LogP contribution is 2.32. The minimum Gasteiger partial charge on any atom is -0.495 e. The Morgan fingerprint density at radius 1 is 0.846 bits per heavy atom. The lowest BCUT2D eigenvalue weighted by atomic mass is 9.97. The van der Waals surface area contributed by atoms with E-state index < -0.39 is 0 Å². The first-order valence-corrected chi connectivity index (χ1v) is 13.4. The Morgan fingerprint density at radius 2 is 1.54 bits per heavy atom. The van der Waals surface area contributed by atoms with Crippen molar-refractivity contribution in [3.8, 4) is 16.9 Å². The number of carbonyl (C=O) groups excluding carboxylic acids is 2. The second-order valence-electron chi connectivity index (χ2n) is 10.1. The van der Waals surface area contributed by atoms with E-state index in [1.54, 1.807) is 7.11 Å². The predicted molar refractivity (Wildman–Crippen MR) is 154 cm³/mol. The van der Waals surface area contributed by atoms with Gasteiger partial charge in [0.2, 0.25) is 0 Å². The molecular weight excluding hydrogens is 492 g/mol. The van der Waals surface area contributed by atoms with Crippen LogP contribution in [-0.4, -0.2) is 88.3 Å². The Labute approximate surface area is 230 Å². The molecule has 0 radical (unpaired) electrons. The number of piperazine rings is 1. The maximum absolute atomic E-state index is 13.1. The van der Waals surface area contributed by atoms with Crippen LogP contribution >= 0.6 is 0 Å². The van der Waals surface area contributed by atoms with Gasteiger partial charge in [-0.3, -0.25) is 9.59 Å². The van der Waals surface area contributed by atoms with Gasteiger partial charge in [-0.05, 0) is 73.1 Å². The van der Waals surface area contributed by atoms with Crippen molar-refractivity contribution >= 4 is 23.2 Å². The predicted octanol–water partition coefficient (Wildman–Crippen LogP) is 4.15. The molecule has 3 aromatic rings. The Kier molecular flexibility index (Phi) is 8.14. The molecule has 2 fully saturated rings. The molecule has 0 aliphatic carbocycles. The fraction of sp³-hybridized carbons (Fsp3) is 0.355. The van der Waals surface area contributed by atoms with Gasteiger partial charge in [0, 0.05) is 56.1 Å². The molecule has 2 aliphatic rings. The monoisotopic (exact) mass is 528 g/mol. The molecule has 0 spiro atoms. The number of nitrogens with zero attached hydrogens (tertiary/aromatic N) is 3. The smallest absolute Gasteiger partial charge is 0.255 e. The topological polar surface area (TPSA) is 74.3 Å². The van der Waals surface area contributed by atoms with Gasteiger partial charge in [-0.2, -0.15) is 0 Å². The lowest BCUT2D eigenvalue weighted by molar-refractivity contribution is 0.0303. The van der Waals surface area contributed by atoms with Crippen molar-refractivity contribution in [2.24, 2.45) is 0 Å². The fourth-order valence-electron chi connectivity index (χ4n) is 5.14. The Morgan fingerprint density at radius 3 is 2.21 bits per heavy atom. The second kappa shape index (κ2) is 11.9. The number of likely N-dealkylation sites (N-methyl/N-ethyl adjacent to an activating group) is 1. The van der Waals surface area contributed by atoms with E-state index in [0.717, 1.165) is 60.0 Å². The second-order valence-corrected chi connectivity index (χ2v) is 10.1. The minimum atomic E-state index is -0.167. The van der Waals surface area contributed by atoms with Crippen molar-refractivity contribution in [3.63, 3.8) is 0 Å². The molecule has 8 heteroatoms. The van der Waals surface area contributed by atoms with Crippen LogP contribution in [0.4, 0.5) is 11.4 Å². The van der Waals surface area contributed by atoms with E-state index >= 15 is 0 Å². The number of amides is 2. The highest BCUT2D eigenvalue weighted by molar-refractivity contribution is 6.05. The minimum absolute atomic E-state index is 0.0364. The maximum Gasteiger partial charge on any atom is 0.255 e. The van der Waals surface area contributed by atoms with Crippen LogP contribution in [0.3, 0.4) is 0 Å². The Hall–Kier alpha value is -3.88. The summed E-state index contributed by atoms with van der Waals surface area (Å²) in [5, 5.41) is 3.04. The third-order valence-electron chi connectivity index (χ3n) is 7.51. The van der Waals surface area contributed by atoms with Crippen LogP contribution in [-0.2, 0) is 4.74 Å². The summed E-state index contributed by atoms with van der Waals surface area (Å²) in [4.78, 5) is 32.4. The quantitative estimate of drug-likeness (QED) is 0.518. The number of rotatable bonds is 6. The summed E-state index contributed by atoms with van der Waals surface area (Å²) in [7, 11) is 3.80. The summed E-state index contributed by atoms with van der Waals surface area (Å²) in [6, 6.07) is 19.1. The van der Waals surface area contributed by atoms with Gasteiger partial charge in [0.05, 0.1) is 26.0 Å². The molecule has 204 valence electrons. The molecule has 3 aromatic carbocycles. The van der Waals surface area contributed by atoms with Crippen LogP contribution in [0.15, 0.2) is 60.7 Å². The maximum atomic E-state index is 13.1. The van der Waals surface area contributed by atoms with E-state index in [0.29, 0.717) is 37.4 Å². The summed E-state index contributed by atoms with van der Waals surface area (Å²) in [5.41, 5.74) is 6.03. The molecule has 8 nitrogen and oxygen atoms in total. The number of anilines is 2. The summed E-state index contributed by atoms with van der Waals surface area (Å²) < 4.78 is 11.0. The number of hydrogen-bond donors (Lipinski definition) is 1. The van der Waals surface area contributed by atoms with E-state index in [-0.39, 0.29) is 11.8 Å². The zero-order chi connectivity index (χ0) is 27.4. The largest absolute Gasteiger partial charge is 0.495 e. The molecule has 0 bridgehead atoms. The number of carbonyl (C=O) groups is 2. The zero-order valence-electron chi connectivity index (χ0n) is 22.9. The van der Waals surface area contributed by atoms with Gasteiger partial charge in [0.25, 0.3) is 11.8 Å². The molecule has 0 saturated carbocycles. The highest BCUT2D eigenvalue weighted by atomic mass is 16.5. The number of benzene rings is 3. The molecule has 2 aliphatic heterocycles. The summed E-state index contributed by atoms with van der Waals surface area (Å²) >= 11 is 0. The van der Waals surface area contributed by atoms with Gasteiger partial charge in [0.1, 0.15) is 5.75 Å². The Balaban J connectivity index is 1.27. The van der Waals surface area contributed by atoms with Crippen molar-refractivity contribution in [1.29, 1.82) is 0 Å². The van der Waals surface area contributed by atoms with Gasteiger partial charge in [-0.15, -0.1) is 0 Å². The van der Waals surface area contributed by atoms with Crippen LogP contribution < -0.4 is 15.0 Å². The molecule has 0 aromatic heterocycles. The van der Waals surface area contributed by atoms with Crippen molar-refractivity contribution in [3.05, 3.63) is 77.4 Å². The van der Waals surface area contributed by atoms with Crippen molar-refractivity contribution in [2.45, 2.75) is 6.92 Å². The molecule has 0 atom stereocenters. The van der Waals surface area contributed by atoms with Crippen molar-refractivity contribution < 1.29 is 19.1 Å². The third-order valence-corrected chi connectivity index (χ3v) is 7.51. The molecule has 2 heterocycles. The number of ether oxygens (including phenoxy) is 2. The first kappa shape index (κ1) is 26.7. The lowest BCUT2D eigenvalue weighted by Crippen LogP contribution is -2.44. The summed E-state index contributed by atoms with van der Waals surface area (Å²) in [5.74, 6) is 0.670. The number of morpholine rings is 1. The van der Waals surface area contributed by atoms with E-state index in [2.05, 4.69) is 22.2 Å². The van der Waals surface area contributed by atoms with Crippen molar-refractivity contribution in [2.75, 3.05) is 76.9 Å². The zero-order valence-corrected chi connectivity index (χ0v) is 22.9. The van der Waals surface area contributed by atoms with Gasteiger partial charge in [-0.1, -0.05) is 18.2 Å². The molecule has 39 heavy (non-hydrogen) atoms. The van der Waals surface area contributed by atoms with Crippen LogP contribution in [0.25, 0.3) is 11.1 Å². The molecule has 0 unspecified atom stereocenters. The average molecular weight is 529 g/mol. The van der Waals surface area contributed by atoms with Crippen LogP contribution in [0, 0.1) is 6.92 Å². The molecule has 2 amide bonds. The van der Waals surface area contributed by atoms with E-state index in [9.17, 15) is 9.59 Å². The molecule has 2 saturated heterocycles. The van der Waals surface area contributed by atoms with Crippen molar-refractivity contribution in [1.82, 2.24) is 9.80 Å². The van der Waals surface area contributed by atoms with E-state index in [1.807, 2.05) is 72.5 Å². The molecule has 1 N–H and O–H groups in total. The van der Waals surface area contributed by atoms with Crippen LogP contribution in [0.2, 0.25) is 0 Å². The fourth-order valence-corrected chi connectivity index (χ4v) is 5.14. The summed E-state index contributed by atoms with van der Waals surface area (Å²) in [6.45, 7) is 8.20. The first-order valence-electron chi connectivity index (χ1n) is 13.4. The number of nitrogens with one attached hydrogen (secondary N) is 1.